The first-order valence-electron chi connectivity index (χ1n) is 12.1. The molecule has 1 aromatic heterocycles. The Morgan fingerprint density at radius 3 is 2.58 bits per heavy atom. The van der Waals surface area contributed by atoms with E-state index in [1.807, 2.05) is 31.2 Å². The van der Waals surface area contributed by atoms with Crippen LogP contribution in [-0.2, 0) is 11.3 Å². The molecule has 8 heteroatoms. The number of hydrazone groups is 1. The molecule has 0 saturated carbocycles. The summed E-state index contributed by atoms with van der Waals surface area (Å²) < 4.78 is 8.39. The Labute approximate surface area is 215 Å². The van der Waals surface area contributed by atoms with Gasteiger partial charge < -0.3 is 9.30 Å². The van der Waals surface area contributed by atoms with Crippen LogP contribution in [-0.4, -0.2) is 38.1 Å². The Bertz CT molecular complexity index is 1460. The molecule has 0 bridgehead atoms. The summed E-state index contributed by atoms with van der Waals surface area (Å²) in [7, 11) is 0. The number of thioether (sulfide) groups is 1. The van der Waals surface area contributed by atoms with Crippen LogP contribution in [0.25, 0.3) is 17.0 Å². The molecule has 3 heterocycles. The quantitative estimate of drug-likeness (QED) is 0.400. The molecule has 184 valence electrons. The van der Waals surface area contributed by atoms with E-state index in [1.165, 1.54) is 16.8 Å². The monoisotopic (exact) mass is 499 g/mol. The number of hydrogen-bond acceptors (Lipinski definition) is 5. The van der Waals surface area contributed by atoms with Crippen LogP contribution >= 0.6 is 11.8 Å². The van der Waals surface area contributed by atoms with Gasteiger partial charge in [0, 0.05) is 22.2 Å². The van der Waals surface area contributed by atoms with Crippen LogP contribution in [0.1, 0.15) is 42.1 Å². The van der Waals surface area contributed by atoms with Gasteiger partial charge in [0.25, 0.3) is 5.91 Å². The van der Waals surface area contributed by atoms with Gasteiger partial charge in [-0.2, -0.15) is 15.1 Å². The minimum Gasteiger partial charge on any atom is -0.491 e. The highest BCUT2D eigenvalue weighted by Gasteiger charge is 2.35. The topological polar surface area (TPSA) is 83.0 Å². The summed E-state index contributed by atoms with van der Waals surface area (Å²) in [6, 6.07) is 14.3. The molecule has 1 amide bonds. The Hall–Kier alpha value is -3.65. The maximum atomic E-state index is 12.9. The van der Waals surface area contributed by atoms with Gasteiger partial charge in [0.2, 0.25) is 5.17 Å². The zero-order valence-electron chi connectivity index (χ0n) is 21.0. The number of amides is 1. The highest BCUT2D eigenvalue weighted by molar-refractivity contribution is 8.26. The number of nitrogens with zero attached hydrogens (tertiary/aromatic N) is 4. The van der Waals surface area contributed by atoms with E-state index in [0.717, 1.165) is 56.9 Å². The molecule has 0 unspecified atom stereocenters. The molecule has 0 atom stereocenters. The number of carbonyl (C=O) groups excluding carboxylic acids is 1. The van der Waals surface area contributed by atoms with Crippen molar-refractivity contribution < 1.29 is 9.53 Å². The fraction of sp³-hybridized carbons (Fsp3) is 0.286. The molecular formula is C28H29N5O2S. The first kappa shape index (κ1) is 24.1. The number of hydrogen-bond donors (Lipinski definition) is 1. The van der Waals surface area contributed by atoms with E-state index in [9.17, 15) is 4.79 Å². The molecule has 0 saturated heterocycles. The second-order valence-electron chi connectivity index (χ2n) is 9.00. The van der Waals surface area contributed by atoms with Crippen molar-refractivity contribution in [3.8, 4) is 5.75 Å². The summed E-state index contributed by atoms with van der Waals surface area (Å²) >= 11 is 1.37. The van der Waals surface area contributed by atoms with Gasteiger partial charge in [-0.1, -0.05) is 43.3 Å². The number of nitrogens with one attached hydrogen (secondary N) is 1. The number of rotatable bonds is 7. The summed E-state index contributed by atoms with van der Waals surface area (Å²) in [5, 5.41) is 17.1. The normalized spacial score (nSPS) is 16.6. The fourth-order valence-corrected chi connectivity index (χ4v) is 5.67. The van der Waals surface area contributed by atoms with Crippen molar-refractivity contribution in [1.29, 1.82) is 5.41 Å². The average Bonchev–Trinajstić information content (AvgIpc) is 3.37. The van der Waals surface area contributed by atoms with E-state index >= 15 is 0 Å². The van der Waals surface area contributed by atoms with Gasteiger partial charge in [-0.25, -0.2) is 0 Å². The lowest BCUT2D eigenvalue weighted by molar-refractivity contribution is -0.114. The van der Waals surface area contributed by atoms with Gasteiger partial charge in [-0.05, 0) is 68.6 Å². The minimum absolute atomic E-state index is 0.0678. The van der Waals surface area contributed by atoms with E-state index < -0.39 is 5.91 Å². The van der Waals surface area contributed by atoms with Crippen molar-refractivity contribution >= 4 is 50.7 Å². The molecule has 0 radical (unpaired) electrons. The molecule has 5 rings (SSSR count). The SMILES string of the molecule is CCCC1=NN2C(=N)/C(=C/c3c(C)n(CCOc4c(C)cccc4C)c4ccccc34)C(=O)N=C2S1. The van der Waals surface area contributed by atoms with Crippen LogP contribution in [0.4, 0.5) is 0 Å². The summed E-state index contributed by atoms with van der Waals surface area (Å²) in [6.07, 6.45) is 3.55. The third-order valence-electron chi connectivity index (χ3n) is 6.50. The van der Waals surface area contributed by atoms with E-state index in [0.29, 0.717) is 18.3 Å². The molecule has 0 spiro atoms. The number of aromatic nitrogens is 1. The first-order valence-corrected chi connectivity index (χ1v) is 13.0. The summed E-state index contributed by atoms with van der Waals surface area (Å²) in [4.78, 5) is 17.2. The number of benzene rings is 2. The van der Waals surface area contributed by atoms with Crippen molar-refractivity contribution in [2.75, 3.05) is 6.61 Å². The summed E-state index contributed by atoms with van der Waals surface area (Å²) in [5.74, 6) is 0.592. The molecule has 2 aliphatic heterocycles. The van der Waals surface area contributed by atoms with Crippen molar-refractivity contribution in [3.63, 3.8) is 0 Å². The molecule has 36 heavy (non-hydrogen) atoms. The lowest BCUT2D eigenvalue weighted by Gasteiger charge is -2.20. The molecule has 2 aromatic carbocycles. The number of fused-ring (bicyclic) bond motifs is 2. The standard InChI is InChI=1S/C28H29N5O2S/c1-5-9-24-31-33-26(29)22(27(34)30-28(33)36-24)16-21-19(4)32(23-13-7-6-12-20(21)23)14-15-35-25-17(2)10-8-11-18(25)3/h6-8,10-13,16,29H,5,9,14-15H2,1-4H3/b22-16-,29-26?. The number of aryl methyl sites for hydroxylation is 2. The van der Waals surface area contributed by atoms with Crippen LogP contribution in [0.2, 0.25) is 0 Å². The van der Waals surface area contributed by atoms with Crippen LogP contribution in [0, 0.1) is 26.2 Å². The molecule has 0 fully saturated rings. The van der Waals surface area contributed by atoms with E-state index in [1.54, 1.807) is 6.08 Å². The maximum absolute atomic E-state index is 12.9. The summed E-state index contributed by atoms with van der Waals surface area (Å²) in [6.45, 7) is 9.41. The van der Waals surface area contributed by atoms with Crippen molar-refractivity contribution in [3.05, 3.63) is 70.4 Å². The highest BCUT2D eigenvalue weighted by atomic mass is 32.2. The lowest BCUT2D eigenvalue weighted by Crippen LogP contribution is -2.35. The van der Waals surface area contributed by atoms with Gasteiger partial charge in [0.05, 0.1) is 12.1 Å². The molecule has 2 aliphatic rings. The number of carbonyl (C=O) groups is 1. The Morgan fingerprint density at radius 1 is 1.08 bits per heavy atom. The Morgan fingerprint density at radius 2 is 1.83 bits per heavy atom. The van der Waals surface area contributed by atoms with E-state index in [2.05, 4.69) is 53.6 Å². The number of ether oxygens (including phenoxy) is 1. The molecule has 3 aromatic rings. The predicted octanol–water partition coefficient (Wildman–Crippen LogP) is 6.06. The molecule has 0 aliphatic carbocycles. The van der Waals surface area contributed by atoms with Crippen molar-refractivity contribution in [1.82, 2.24) is 9.58 Å². The Kier molecular flexibility index (Phi) is 6.53. The number of amidine groups is 2. The second kappa shape index (κ2) is 9.78. The van der Waals surface area contributed by atoms with Gasteiger partial charge in [0.1, 0.15) is 17.4 Å². The van der Waals surface area contributed by atoms with Gasteiger partial charge >= 0.3 is 0 Å². The molecule has 1 N–H and O–H groups in total. The van der Waals surface area contributed by atoms with Crippen LogP contribution in [0.5, 0.6) is 5.75 Å². The van der Waals surface area contributed by atoms with Crippen LogP contribution in [0.15, 0.2) is 58.1 Å². The van der Waals surface area contributed by atoms with Gasteiger partial charge in [0.15, 0.2) is 5.84 Å². The number of aliphatic imine (C=N–C) groups is 1. The van der Waals surface area contributed by atoms with Crippen molar-refractivity contribution in [2.24, 2.45) is 10.1 Å². The van der Waals surface area contributed by atoms with Crippen molar-refractivity contribution in [2.45, 2.75) is 47.1 Å². The first-order chi connectivity index (χ1) is 17.4. The van der Waals surface area contributed by atoms with Gasteiger partial charge in [-0.3, -0.25) is 10.2 Å². The lowest BCUT2D eigenvalue weighted by atomic mass is 10.1. The average molecular weight is 500 g/mol. The largest absolute Gasteiger partial charge is 0.491 e. The Balaban J connectivity index is 1.47. The third kappa shape index (κ3) is 4.26. The van der Waals surface area contributed by atoms with E-state index in [-0.39, 0.29) is 11.4 Å². The highest BCUT2D eigenvalue weighted by Crippen LogP contribution is 2.33. The zero-order chi connectivity index (χ0) is 25.4. The summed E-state index contributed by atoms with van der Waals surface area (Å²) in [5.41, 5.74) is 5.47. The smallest absolute Gasteiger partial charge is 0.283 e. The zero-order valence-corrected chi connectivity index (χ0v) is 21.8. The molecule has 7 nitrogen and oxygen atoms in total. The fourth-order valence-electron chi connectivity index (χ4n) is 4.68. The minimum atomic E-state index is -0.402. The third-order valence-corrected chi connectivity index (χ3v) is 7.47. The number of para-hydroxylation sites is 2. The predicted molar refractivity (Wildman–Crippen MR) is 148 cm³/mol. The maximum Gasteiger partial charge on any atom is 0.283 e. The van der Waals surface area contributed by atoms with Crippen LogP contribution < -0.4 is 4.74 Å². The molecular weight excluding hydrogens is 470 g/mol. The second-order valence-corrected chi connectivity index (χ2v) is 10.0. The van der Waals surface area contributed by atoms with E-state index in [4.69, 9.17) is 10.1 Å². The van der Waals surface area contributed by atoms with Gasteiger partial charge in [-0.15, -0.1) is 0 Å². The van der Waals surface area contributed by atoms with Crippen LogP contribution in [0.3, 0.4) is 0 Å².